The van der Waals surface area contributed by atoms with Gasteiger partial charge in [0.1, 0.15) is 0 Å². The van der Waals surface area contributed by atoms with Crippen LogP contribution in [0, 0.1) is 0 Å². The van der Waals surface area contributed by atoms with Crippen LogP contribution in [-0.4, -0.2) is 20.2 Å². The molecule has 0 aromatic heterocycles. The molecule has 0 heterocycles. The topological polar surface area (TPSA) is 46.2 Å². The van der Waals surface area contributed by atoms with E-state index in [9.17, 15) is 8.42 Å². The Hall–Kier alpha value is -0.350. The first kappa shape index (κ1) is 10.7. The molecule has 0 aromatic rings. The van der Waals surface area contributed by atoms with Gasteiger partial charge in [-0.25, -0.2) is 13.1 Å². The Morgan fingerprint density at radius 1 is 1.31 bits per heavy atom. The van der Waals surface area contributed by atoms with E-state index in [1.54, 1.807) is 0 Å². The molecular formula is C9H17NO2S. The lowest BCUT2D eigenvalue weighted by Crippen LogP contribution is -2.37. The lowest BCUT2D eigenvalue weighted by molar-refractivity contribution is 0.412. The molecule has 1 rings (SSSR count). The molecule has 1 aliphatic carbocycles. The van der Waals surface area contributed by atoms with Gasteiger partial charge in [0, 0.05) is 6.04 Å². The summed E-state index contributed by atoms with van der Waals surface area (Å²) in [6.45, 7) is 3.42. The lowest BCUT2D eigenvalue weighted by atomic mass is 9.96. The molecule has 0 radical (unpaired) electrons. The van der Waals surface area contributed by atoms with Crippen molar-refractivity contribution in [2.75, 3.05) is 5.75 Å². The van der Waals surface area contributed by atoms with Crippen LogP contribution in [0.3, 0.4) is 0 Å². The molecule has 0 aromatic carbocycles. The first-order chi connectivity index (χ1) is 6.14. The molecule has 1 fully saturated rings. The SMILES string of the molecule is C=CCS(=O)(=O)NC1CCCCC1. The van der Waals surface area contributed by atoms with Crippen LogP contribution in [-0.2, 0) is 10.0 Å². The molecule has 0 unspecified atom stereocenters. The van der Waals surface area contributed by atoms with E-state index in [0.717, 1.165) is 25.7 Å². The molecule has 0 bridgehead atoms. The van der Waals surface area contributed by atoms with Crippen molar-refractivity contribution in [3.05, 3.63) is 12.7 Å². The number of hydrogen-bond acceptors (Lipinski definition) is 2. The van der Waals surface area contributed by atoms with Crippen LogP contribution in [0.4, 0.5) is 0 Å². The van der Waals surface area contributed by atoms with Gasteiger partial charge in [-0.15, -0.1) is 6.58 Å². The van der Waals surface area contributed by atoms with Crippen molar-refractivity contribution in [1.29, 1.82) is 0 Å². The van der Waals surface area contributed by atoms with Gasteiger partial charge in [0.15, 0.2) is 0 Å². The smallest absolute Gasteiger partial charge is 0.212 e. The Kier molecular flexibility index (Phi) is 3.93. The third-order valence-corrected chi connectivity index (χ3v) is 3.66. The maximum absolute atomic E-state index is 11.3. The van der Waals surface area contributed by atoms with Crippen molar-refractivity contribution >= 4 is 10.0 Å². The van der Waals surface area contributed by atoms with Crippen molar-refractivity contribution in [3.63, 3.8) is 0 Å². The van der Waals surface area contributed by atoms with E-state index in [4.69, 9.17) is 0 Å². The quantitative estimate of drug-likeness (QED) is 0.702. The van der Waals surface area contributed by atoms with E-state index in [0.29, 0.717) is 0 Å². The summed E-state index contributed by atoms with van der Waals surface area (Å²) in [6, 6.07) is 0.165. The molecule has 0 amide bonds. The van der Waals surface area contributed by atoms with E-state index < -0.39 is 10.0 Å². The Bertz CT molecular complexity index is 253. The first-order valence-electron chi connectivity index (χ1n) is 4.75. The molecule has 76 valence electrons. The fraction of sp³-hybridized carbons (Fsp3) is 0.778. The average Bonchev–Trinajstić information content (AvgIpc) is 2.04. The summed E-state index contributed by atoms with van der Waals surface area (Å²) in [5, 5.41) is 0. The highest BCUT2D eigenvalue weighted by atomic mass is 32.2. The maximum Gasteiger partial charge on any atom is 0.215 e. The van der Waals surface area contributed by atoms with E-state index in [-0.39, 0.29) is 11.8 Å². The van der Waals surface area contributed by atoms with Crippen molar-refractivity contribution in [3.8, 4) is 0 Å². The van der Waals surface area contributed by atoms with Crippen LogP contribution in [0.5, 0.6) is 0 Å². The molecule has 4 heteroatoms. The third kappa shape index (κ3) is 3.91. The standard InChI is InChI=1S/C9H17NO2S/c1-2-8-13(11,12)10-9-6-4-3-5-7-9/h2,9-10H,1,3-8H2. The molecule has 1 N–H and O–H groups in total. The number of nitrogens with one attached hydrogen (secondary N) is 1. The molecule has 0 saturated heterocycles. The van der Waals surface area contributed by atoms with Gasteiger partial charge >= 0.3 is 0 Å². The second-order valence-electron chi connectivity index (χ2n) is 3.52. The summed E-state index contributed by atoms with van der Waals surface area (Å²) in [5.74, 6) is 0.0312. The monoisotopic (exact) mass is 203 g/mol. The molecule has 0 atom stereocenters. The normalized spacial score (nSPS) is 20.0. The zero-order valence-corrected chi connectivity index (χ0v) is 8.65. The average molecular weight is 203 g/mol. The van der Waals surface area contributed by atoms with Crippen LogP contribution < -0.4 is 4.72 Å². The van der Waals surface area contributed by atoms with Crippen LogP contribution in [0.1, 0.15) is 32.1 Å². The van der Waals surface area contributed by atoms with Crippen molar-refractivity contribution < 1.29 is 8.42 Å². The summed E-state index contributed by atoms with van der Waals surface area (Å²) in [5.41, 5.74) is 0. The highest BCUT2D eigenvalue weighted by Crippen LogP contribution is 2.17. The first-order valence-corrected chi connectivity index (χ1v) is 6.40. The zero-order chi connectivity index (χ0) is 9.73. The molecular weight excluding hydrogens is 186 g/mol. The van der Waals surface area contributed by atoms with E-state index in [1.165, 1.54) is 12.5 Å². The second kappa shape index (κ2) is 4.77. The molecule has 1 aliphatic rings. The van der Waals surface area contributed by atoms with Crippen LogP contribution in [0.2, 0.25) is 0 Å². The Morgan fingerprint density at radius 2 is 1.92 bits per heavy atom. The fourth-order valence-electron chi connectivity index (χ4n) is 1.68. The number of sulfonamides is 1. The summed E-state index contributed by atoms with van der Waals surface area (Å²) in [6.07, 6.45) is 6.90. The van der Waals surface area contributed by atoms with Crippen LogP contribution in [0.15, 0.2) is 12.7 Å². The Morgan fingerprint density at radius 3 is 2.46 bits per heavy atom. The van der Waals surface area contributed by atoms with Crippen LogP contribution >= 0.6 is 0 Å². The van der Waals surface area contributed by atoms with Gasteiger partial charge in [0.2, 0.25) is 10.0 Å². The van der Waals surface area contributed by atoms with Gasteiger partial charge in [-0.1, -0.05) is 25.3 Å². The van der Waals surface area contributed by atoms with Crippen molar-refractivity contribution in [1.82, 2.24) is 4.72 Å². The number of hydrogen-bond donors (Lipinski definition) is 1. The summed E-state index contributed by atoms with van der Waals surface area (Å²) >= 11 is 0. The van der Waals surface area contributed by atoms with E-state index in [1.807, 2.05) is 0 Å². The Balaban J connectivity index is 2.41. The van der Waals surface area contributed by atoms with Gasteiger partial charge in [0.05, 0.1) is 5.75 Å². The highest BCUT2D eigenvalue weighted by Gasteiger charge is 2.18. The fourth-order valence-corrected chi connectivity index (χ4v) is 2.83. The predicted octanol–water partition coefficient (Wildman–Crippen LogP) is 1.42. The molecule has 0 spiro atoms. The van der Waals surface area contributed by atoms with E-state index >= 15 is 0 Å². The summed E-state index contributed by atoms with van der Waals surface area (Å²) in [7, 11) is -3.10. The van der Waals surface area contributed by atoms with Crippen LogP contribution in [0.25, 0.3) is 0 Å². The minimum absolute atomic E-state index is 0.0312. The van der Waals surface area contributed by atoms with E-state index in [2.05, 4.69) is 11.3 Å². The molecule has 3 nitrogen and oxygen atoms in total. The third-order valence-electron chi connectivity index (χ3n) is 2.29. The highest BCUT2D eigenvalue weighted by molar-refractivity contribution is 7.89. The van der Waals surface area contributed by atoms with Crippen molar-refractivity contribution in [2.24, 2.45) is 0 Å². The predicted molar refractivity (Wildman–Crippen MR) is 54.0 cm³/mol. The largest absolute Gasteiger partial charge is 0.215 e. The maximum atomic E-state index is 11.3. The molecule has 1 saturated carbocycles. The molecule has 13 heavy (non-hydrogen) atoms. The lowest BCUT2D eigenvalue weighted by Gasteiger charge is -2.22. The minimum Gasteiger partial charge on any atom is -0.212 e. The second-order valence-corrected chi connectivity index (χ2v) is 5.32. The zero-order valence-electron chi connectivity index (χ0n) is 7.83. The minimum atomic E-state index is -3.10. The van der Waals surface area contributed by atoms with Gasteiger partial charge in [0.25, 0.3) is 0 Å². The van der Waals surface area contributed by atoms with Gasteiger partial charge in [-0.3, -0.25) is 0 Å². The summed E-state index contributed by atoms with van der Waals surface area (Å²) in [4.78, 5) is 0. The van der Waals surface area contributed by atoms with Crippen molar-refractivity contribution in [2.45, 2.75) is 38.1 Å². The van der Waals surface area contributed by atoms with Gasteiger partial charge in [-0.05, 0) is 12.8 Å². The Labute approximate surface area is 80.3 Å². The number of rotatable bonds is 4. The van der Waals surface area contributed by atoms with Gasteiger partial charge < -0.3 is 0 Å². The molecule has 0 aliphatic heterocycles. The van der Waals surface area contributed by atoms with Gasteiger partial charge in [-0.2, -0.15) is 0 Å². The summed E-state index contributed by atoms with van der Waals surface area (Å²) < 4.78 is 25.3.